The van der Waals surface area contributed by atoms with Crippen LogP contribution in [-0.2, 0) is 4.79 Å². The Bertz CT molecular complexity index is 405. The third kappa shape index (κ3) is 2.57. The molecule has 2 rings (SSSR count). The summed E-state index contributed by atoms with van der Waals surface area (Å²) < 4.78 is -0.886. The van der Waals surface area contributed by atoms with Gasteiger partial charge in [-0.25, -0.2) is 0 Å². The highest BCUT2D eigenvalue weighted by molar-refractivity contribution is 6.52. The summed E-state index contributed by atoms with van der Waals surface area (Å²) in [5.74, 6) is -0.484. The predicted octanol–water partition coefficient (Wildman–Crippen LogP) is 3.47. The Balaban J connectivity index is 2.01. The minimum absolute atomic E-state index is 0.165. The molecular weight excluding hydrogens is 256 g/mol. The van der Waals surface area contributed by atoms with Crippen molar-refractivity contribution in [2.24, 2.45) is 5.92 Å². The summed E-state index contributed by atoms with van der Waals surface area (Å²) >= 11 is 17.3. The molecule has 2 nitrogen and oxygen atoms in total. The van der Waals surface area contributed by atoms with Crippen molar-refractivity contribution in [3.63, 3.8) is 0 Å². The highest BCUT2D eigenvalue weighted by Gasteiger charge is 2.56. The van der Waals surface area contributed by atoms with Crippen molar-refractivity contribution in [2.75, 3.05) is 5.32 Å². The van der Waals surface area contributed by atoms with Gasteiger partial charge in [0.1, 0.15) is 4.33 Å². The molecule has 0 aliphatic heterocycles. The number of nitrogens with one attached hydrogen (secondary N) is 1. The summed E-state index contributed by atoms with van der Waals surface area (Å²) in [6.07, 6.45) is 0.502. The molecule has 0 bridgehead atoms. The van der Waals surface area contributed by atoms with Crippen LogP contribution in [0.1, 0.15) is 6.42 Å². The molecule has 5 heteroatoms. The van der Waals surface area contributed by atoms with Gasteiger partial charge in [0.2, 0.25) is 5.91 Å². The third-order valence-electron chi connectivity index (χ3n) is 2.23. The number of hydrogen-bond donors (Lipinski definition) is 1. The van der Waals surface area contributed by atoms with E-state index in [0.717, 1.165) is 0 Å². The highest BCUT2D eigenvalue weighted by Crippen LogP contribution is 2.53. The number of hydrogen-bond acceptors (Lipinski definition) is 1. The maximum Gasteiger partial charge on any atom is 0.230 e. The second-order valence-electron chi connectivity index (χ2n) is 3.52. The quantitative estimate of drug-likeness (QED) is 0.814. The van der Waals surface area contributed by atoms with Crippen LogP contribution in [0, 0.1) is 5.92 Å². The van der Waals surface area contributed by atoms with Crippen LogP contribution in [0.2, 0.25) is 5.02 Å². The van der Waals surface area contributed by atoms with Crippen LogP contribution in [0.25, 0.3) is 0 Å². The number of carbonyl (C=O) groups is 1. The molecule has 80 valence electrons. The van der Waals surface area contributed by atoms with Crippen molar-refractivity contribution >= 4 is 46.4 Å². The number of halogens is 3. The maximum atomic E-state index is 11.6. The molecule has 0 saturated heterocycles. The smallest absolute Gasteiger partial charge is 0.230 e. The Kier molecular flexibility index (Phi) is 2.84. The molecule has 1 atom stereocenters. The van der Waals surface area contributed by atoms with Crippen LogP contribution in [0.5, 0.6) is 0 Å². The molecule has 0 spiro atoms. The van der Waals surface area contributed by atoms with E-state index in [9.17, 15) is 4.79 Å². The lowest BCUT2D eigenvalue weighted by atomic mass is 10.3. The van der Waals surface area contributed by atoms with Crippen molar-refractivity contribution in [1.82, 2.24) is 0 Å². The summed E-state index contributed by atoms with van der Waals surface area (Å²) in [4.78, 5) is 11.6. The van der Waals surface area contributed by atoms with Gasteiger partial charge in [0.05, 0.1) is 5.92 Å². The number of alkyl halides is 2. The fraction of sp³-hybridized carbons (Fsp3) is 0.300. The van der Waals surface area contributed by atoms with E-state index >= 15 is 0 Å². The zero-order valence-electron chi connectivity index (χ0n) is 7.64. The molecule has 1 N–H and O–H groups in total. The van der Waals surface area contributed by atoms with Crippen molar-refractivity contribution in [3.05, 3.63) is 29.3 Å². The SMILES string of the molecule is O=C(Nc1cccc(Cl)c1)C1CC1(Cl)Cl. The van der Waals surface area contributed by atoms with Crippen LogP contribution >= 0.6 is 34.8 Å². The molecule has 1 aromatic rings. The average Bonchev–Trinajstić information content (AvgIpc) is 2.75. The van der Waals surface area contributed by atoms with Crippen LogP contribution in [0.15, 0.2) is 24.3 Å². The van der Waals surface area contributed by atoms with Gasteiger partial charge in [0.15, 0.2) is 0 Å². The van der Waals surface area contributed by atoms with Gasteiger partial charge in [0.25, 0.3) is 0 Å². The van der Waals surface area contributed by atoms with Gasteiger partial charge in [0, 0.05) is 10.7 Å². The summed E-state index contributed by atoms with van der Waals surface area (Å²) in [6, 6.07) is 6.93. The molecule has 15 heavy (non-hydrogen) atoms. The van der Waals surface area contributed by atoms with E-state index in [0.29, 0.717) is 17.1 Å². The molecule has 0 radical (unpaired) electrons. The summed E-state index contributed by atoms with van der Waals surface area (Å²) in [7, 11) is 0. The van der Waals surface area contributed by atoms with Gasteiger partial charge in [-0.1, -0.05) is 17.7 Å². The minimum atomic E-state index is -0.886. The van der Waals surface area contributed by atoms with E-state index in [-0.39, 0.29) is 11.8 Å². The Morgan fingerprint density at radius 3 is 2.67 bits per heavy atom. The normalized spacial score (nSPS) is 22.2. The van der Waals surface area contributed by atoms with E-state index in [2.05, 4.69) is 5.32 Å². The van der Waals surface area contributed by atoms with Crippen LogP contribution in [0.4, 0.5) is 5.69 Å². The first-order valence-electron chi connectivity index (χ1n) is 4.43. The molecule has 0 aromatic heterocycles. The number of amides is 1. The van der Waals surface area contributed by atoms with Crippen molar-refractivity contribution in [3.8, 4) is 0 Å². The minimum Gasteiger partial charge on any atom is -0.326 e. The van der Waals surface area contributed by atoms with E-state index in [1.54, 1.807) is 24.3 Å². The van der Waals surface area contributed by atoms with Crippen LogP contribution in [-0.4, -0.2) is 10.2 Å². The summed E-state index contributed by atoms with van der Waals surface area (Å²) in [5, 5.41) is 3.28. The van der Waals surface area contributed by atoms with Gasteiger partial charge in [-0.05, 0) is 24.6 Å². The molecule has 1 saturated carbocycles. The highest BCUT2D eigenvalue weighted by atomic mass is 35.5. The molecule has 1 aromatic carbocycles. The largest absolute Gasteiger partial charge is 0.326 e. The van der Waals surface area contributed by atoms with Gasteiger partial charge in [-0.15, -0.1) is 23.2 Å². The number of carbonyl (C=O) groups excluding carboxylic acids is 1. The second-order valence-corrected chi connectivity index (χ2v) is 5.50. The second kappa shape index (κ2) is 3.85. The van der Waals surface area contributed by atoms with Crippen LogP contribution in [0.3, 0.4) is 0 Å². The lowest BCUT2D eigenvalue weighted by Crippen LogP contribution is -2.16. The molecule has 1 amide bonds. The fourth-order valence-electron chi connectivity index (χ4n) is 1.29. The van der Waals surface area contributed by atoms with Gasteiger partial charge >= 0.3 is 0 Å². The first kappa shape index (κ1) is 11.1. The first-order valence-corrected chi connectivity index (χ1v) is 5.57. The molecular formula is C10H8Cl3NO. The van der Waals surface area contributed by atoms with Gasteiger partial charge in [-0.3, -0.25) is 4.79 Å². The maximum absolute atomic E-state index is 11.6. The van der Waals surface area contributed by atoms with E-state index in [1.807, 2.05) is 0 Å². The van der Waals surface area contributed by atoms with E-state index in [1.165, 1.54) is 0 Å². The molecule has 1 fully saturated rings. The van der Waals surface area contributed by atoms with Gasteiger partial charge < -0.3 is 5.32 Å². The summed E-state index contributed by atoms with van der Waals surface area (Å²) in [5.41, 5.74) is 0.656. The van der Waals surface area contributed by atoms with Crippen molar-refractivity contribution in [1.29, 1.82) is 0 Å². The van der Waals surface area contributed by atoms with E-state index < -0.39 is 4.33 Å². The molecule has 1 aliphatic rings. The molecule has 1 aliphatic carbocycles. The van der Waals surface area contributed by atoms with E-state index in [4.69, 9.17) is 34.8 Å². The number of anilines is 1. The molecule has 0 heterocycles. The third-order valence-corrected chi connectivity index (χ3v) is 3.31. The average molecular weight is 265 g/mol. The lowest BCUT2D eigenvalue weighted by Gasteiger charge is -2.05. The summed E-state index contributed by atoms with van der Waals surface area (Å²) in [6.45, 7) is 0. The Morgan fingerprint density at radius 1 is 1.47 bits per heavy atom. The standard InChI is InChI=1S/C10H8Cl3NO/c11-6-2-1-3-7(4-6)14-9(15)8-5-10(8,12)13/h1-4,8H,5H2,(H,14,15). The first-order chi connectivity index (χ1) is 6.99. The van der Waals surface area contributed by atoms with Crippen molar-refractivity contribution < 1.29 is 4.79 Å². The predicted molar refractivity (Wildman–Crippen MR) is 62.6 cm³/mol. The monoisotopic (exact) mass is 263 g/mol. The number of rotatable bonds is 2. The van der Waals surface area contributed by atoms with Crippen molar-refractivity contribution in [2.45, 2.75) is 10.8 Å². The Labute approximate surface area is 103 Å². The topological polar surface area (TPSA) is 29.1 Å². The molecule has 1 unspecified atom stereocenters. The Morgan fingerprint density at radius 2 is 2.13 bits per heavy atom. The lowest BCUT2D eigenvalue weighted by molar-refractivity contribution is -0.117. The number of benzene rings is 1. The fourth-order valence-corrected chi connectivity index (χ4v) is 1.99. The van der Waals surface area contributed by atoms with Gasteiger partial charge in [-0.2, -0.15) is 0 Å². The Hall–Kier alpha value is -0.440. The van der Waals surface area contributed by atoms with Crippen LogP contribution < -0.4 is 5.32 Å². The zero-order chi connectivity index (χ0) is 11.1. The zero-order valence-corrected chi connectivity index (χ0v) is 9.90.